The molecule has 1 heterocycles. The summed E-state index contributed by atoms with van der Waals surface area (Å²) < 4.78 is 7.24. The molecule has 0 aliphatic heterocycles. The van der Waals surface area contributed by atoms with Crippen molar-refractivity contribution in [2.24, 2.45) is 0 Å². The molecule has 0 saturated heterocycles. The van der Waals surface area contributed by atoms with E-state index in [0.717, 1.165) is 12.2 Å². The van der Waals surface area contributed by atoms with Crippen molar-refractivity contribution in [3.05, 3.63) is 36.7 Å². The third-order valence-electron chi connectivity index (χ3n) is 3.04. The van der Waals surface area contributed by atoms with Crippen LogP contribution in [0.15, 0.2) is 36.7 Å². The van der Waals surface area contributed by atoms with Crippen molar-refractivity contribution >= 4 is 0 Å². The zero-order chi connectivity index (χ0) is 14.2. The number of nitrogens with zero attached hydrogens (tertiary/aromatic N) is 3. The summed E-state index contributed by atoms with van der Waals surface area (Å²) in [6, 6.07) is 10.8. The zero-order valence-electron chi connectivity index (χ0n) is 12.1. The molecule has 0 bridgehead atoms. The predicted molar refractivity (Wildman–Crippen MR) is 79.2 cm³/mol. The van der Waals surface area contributed by atoms with Crippen LogP contribution >= 0.6 is 0 Å². The van der Waals surface area contributed by atoms with E-state index in [-0.39, 0.29) is 0 Å². The van der Waals surface area contributed by atoms with Gasteiger partial charge in [0.25, 0.3) is 0 Å². The fourth-order valence-electron chi connectivity index (χ4n) is 2.00. The molecule has 20 heavy (non-hydrogen) atoms. The number of ether oxygens (including phenoxy) is 1. The van der Waals surface area contributed by atoms with Gasteiger partial charge in [-0.1, -0.05) is 31.5 Å². The second-order valence-corrected chi connectivity index (χ2v) is 4.80. The molecular weight excluding hydrogens is 252 g/mol. The first-order chi connectivity index (χ1) is 9.79. The number of hydrogen-bond donors (Lipinski definition) is 1. The lowest BCUT2D eigenvalue weighted by atomic mass is 10.2. The summed E-state index contributed by atoms with van der Waals surface area (Å²) in [6.07, 6.45) is 4.04. The minimum Gasteiger partial charge on any atom is -0.461 e. The Labute approximate surface area is 120 Å². The van der Waals surface area contributed by atoms with Crippen LogP contribution in [0.2, 0.25) is 0 Å². The zero-order valence-corrected chi connectivity index (χ0v) is 12.1. The average Bonchev–Trinajstić information content (AvgIpc) is 2.94. The molecule has 5 heteroatoms. The smallest absolute Gasteiger partial charge is 0.335 e. The summed E-state index contributed by atoms with van der Waals surface area (Å²) in [6.45, 7) is 5.76. The average molecular weight is 274 g/mol. The number of para-hydroxylation sites is 1. The molecule has 1 aromatic carbocycles. The van der Waals surface area contributed by atoms with Gasteiger partial charge in [-0.25, -0.2) is 4.68 Å². The van der Waals surface area contributed by atoms with E-state index in [4.69, 9.17) is 4.74 Å². The molecule has 2 rings (SSSR count). The quantitative estimate of drug-likeness (QED) is 0.751. The third kappa shape index (κ3) is 4.35. The van der Waals surface area contributed by atoms with E-state index >= 15 is 0 Å². The molecule has 1 atom stereocenters. The van der Waals surface area contributed by atoms with E-state index in [2.05, 4.69) is 29.2 Å². The van der Waals surface area contributed by atoms with Crippen molar-refractivity contribution in [1.29, 1.82) is 0 Å². The Morgan fingerprint density at radius 2 is 2.10 bits per heavy atom. The fraction of sp³-hybridized carbons (Fsp3) is 0.467. The highest BCUT2D eigenvalue weighted by Gasteiger charge is 2.04. The molecule has 5 nitrogen and oxygen atoms in total. The minimum atomic E-state index is 0.416. The summed E-state index contributed by atoms with van der Waals surface area (Å²) in [7, 11) is 0. The van der Waals surface area contributed by atoms with Gasteiger partial charge in [0.15, 0.2) is 0 Å². The van der Waals surface area contributed by atoms with Gasteiger partial charge < -0.3 is 10.1 Å². The fourth-order valence-corrected chi connectivity index (χ4v) is 2.00. The number of aromatic nitrogens is 3. The molecule has 108 valence electrons. The first kappa shape index (κ1) is 14.5. The van der Waals surface area contributed by atoms with E-state index in [1.54, 1.807) is 11.0 Å². The Kier molecular flexibility index (Phi) is 5.55. The third-order valence-corrected chi connectivity index (χ3v) is 3.04. The van der Waals surface area contributed by atoms with Gasteiger partial charge in [0.05, 0.1) is 5.69 Å². The molecule has 0 aliphatic rings. The number of benzene rings is 1. The standard InChI is InChI=1S/C15H22N4O/c1-3-7-13(2)16-10-11-20-15-17-12-19(18-15)14-8-5-4-6-9-14/h4-6,8-9,12-13,16H,3,7,10-11H2,1-2H3. The van der Waals surface area contributed by atoms with Crippen molar-refractivity contribution < 1.29 is 4.74 Å². The number of nitrogens with one attached hydrogen (secondary N) is 1. The van der Waals surface area contributed by atoms with E-state index in [1.807, 2.05) is 30.3 Å². The monoisotopic (exact) mass is 274 g/mol. The van der Waals surface area contributed by atoms with Crippen LogP contribution in [0.5, 0.6) is 6.01 Å². The molecule has 0 amide bonds. The maximum Gasteiger partial charge on any atom is 0.335 e. The van der Waals surface area contributed by atoms with Crippen molar-refractivity contribution in [3.8, 4) is 11.7 Å². The molecule has 0 saturated carbocycles. The Morgan fingerprint density at radius 3 is 2.85 bits per heavy atom. The van der Waals surface area contributed by atoms with E-state index < -0.39 is 0 Å². The van der Waals surface area contributed by atoms with Gasteiger partial charge in [-0.15, -0.1) is 5.10 Å². The van der Waals surface area contributed by atoms with Crippen LogP contribution in [-0.4, -0.2) is 34.0 Å². The largest absolute Gasteiger partial charge is 0.461 e. The van der Waals surface area contributed by atoms with Crippen LogP contribution in [0.25, 0.3) is 5.69 Å². The molecule has 1 unspecified atom stereocenters. The molecule has 1 N–H and O–H groups in total. The van der Waals surface area contributed by atoms with Gasteiger partial charge in [-0.2, -0.15) is 4.98 Å². The predicted octanol–water partition coefficient (Wildman–Crippen LogP) is 2.42. The van der Waals surface area contributed by atoms with E-state index in [9.17, 15) is 0 Å². The highest BCUT2D eigenvalue weighted by molar-refractivity contribution is 5.29. The summed E-state index contributed by atoms with van der Waals surface area (Å²) in [4.78, 5) is 4.15. The molecule has 0 aliphatic carbocycles. The number of hydrogen-bond acceptors (Lipinski definition) is 4. The maximum absolute atomic E-state index is 5.53. The van der Waals surface area contributed by atoms with Crippen LogP contribution in [0.1, 0.15) is 26.7 Å². The minimum absolute atomic E-state index is 0.416. The Hall–Kier alpha value is -1.88. The van der Waals surface area contributed by atoms with Crippen LogP contribution < -0.4 is 10.1 Å². The van der Waals surface area contributed by atoms with E-state index in [0.29, 0.717) is 18.7 Å². The Bertz CT molecular complexity index is 498. The summed E-state index contributed by atoms with van der Waals surface area (Å²) in [5, 5.41) is 7.69. The molecule has 0 fully saturated rings. The summed E-state index contributed by atoms with van der Waals surface area (Å²) >= 11 is 0. The summed E-state index contributed by atoms with van der Waals surface area (Å²) in [5.74, 6) is 0. The maximum atomic E-state index is 5.53. The van der Waals surface area contributed by atoms with E-state index in [1.165, 1.54) is 12.8 Å². The van der Waals surface area contributed by atoms with Crippen LogP contribution in [0, 0.1) is 0 Å². The summed E-state index contributed by atoms with van der Waals surface area (Å²) in [5.41, 5.74) is 0.976. The van der Waals surface area contributed by atoms with Gasteiger partial charge in [-0.3, -0.25) is 0 Å². The Morgan fingerprint density at radius 1 is 1.30 bits per heavy atom. The molecule has 1 aromatic heterocycles. The van der Waals surface area contributed by atoms with Gasteiger partial charge in [0.1, 0.15) is 12.9 Å². The first-order valence-electron chi connectivity index (χ1n) is 7.13. The molecular formula is C15H22N4O. The van der Waals surface area contributed by atoms with Crippen molar-refractivity contribution in [3.63, 3.8) is 0 Å². The normalized spacial score (nSPS) is 12.3. The molecule has 2 aromatic rings. The van der Waals surface area contributed by atoms with Crippen molar-refractivity contribution in [1.82, 2.24) is 20.1 Å². The van der Waals surface area contributed by atoms with Crippen LogP contribution in [0.4, 0.5) is 0 Å². The first-order valence-corrected chi connectivity index (χ1v) is 7.13. The van der Waals surface area contributed by atoms with Gasteiger partial charge in [0.2, 0.25) is 0 Å². The number of rotatable bonds is 8. The van der Waals surface area contributed by atoms with Gasteiger partial charge in [0, 0.05) is 12.6 Å². The second-order valence-electron chi connectivity index (χ2n) is 4.80. The van der Waals surface area contributed by atoms with Gasteiger partial charge >= 0.3 is 6.01 Å². The highest BCUT2D eigenvalue weighted by Crippen LogP contribution is 2.07. The lowest BCUT2D eigenvalue weighted by molar-refractivity contribution is 0.283. The Balaban J connectivity index is 1.76. The highest BCUT2D eigenvalue weighted by atomic mass is 16.5. The lowest BCUT2D eigenvalue weighted by Gasteiger charge is -2.11. The second kappa shape index (κ2) is 7.65. The van der Waals surface area contributed by atoms with Crippen LogP contribution in [-0.2, 0) is 0 Å². The molecule has 0 radical (unpaired) electrons. The van der Waals surface area contributed by atoms with Crippen LogP contribution in [0.3, 0.4) is 0 Å². The molecule has 0 spiro atoms. The lowest BCUT2D eigenvalue weighted by Crippen LogP contribution is -2.30. The van der Waals surface area contributed by atoms with Gasteiger partial charge in [-0.05, 0) is 25.5 Å². The van der Waals surface area contributed by atoms with Crippen molar-refractivity contribution in [2.45, 2.75) is 32.7 Å². The SMILES string of the molecule is CCCC(C)NCCOc1ncn(-c2ccccc2)n1. The topological polar surface area (TPSA) is 52.0 Å². The van der Waals surface area contributed by atoms with Crippen molar-refractivity contribution in [2.75, 3.05) is 13.2 Å².